The third-order valence-corrected chi connectivity index (χ3v) is 10.3. The summed E-state index contributed by atoms with van der Waals surface area (Å²) >= 11 is 0. The normalized spacial score (nSPS) is 47.0. The van der Waals surface area contributed by atoms with Gasteiger partial charge in [-0.1, -0.05) is 37.3 Å². The summed E-state index contributed by atoms with van der Waals surface area (Å²) in [5, 5.41) is 34.1. The van der Waals surface area contributed by atoms with Gasteiger partial charge in [0.05, 0.1) is 21.8 Å². The van der Waals surface area contributed by atoms with E-state index in [4.69, 9.17) is 0 Å². The number of ketones is 5. The van der Waals surface area contributed by atoms with Crippen molar-refractivity contribution < 1.29 is 39.3 Å². The Kier molecular flexibility index (Phi) is 4.03. The SMILES string of the molecule is C/C=C/C=C/[C@@]1(O)[C@@H]2C=C3C(=O)C[C@]45C(=O)C(O)=C(C)C(=O)[C@H]4[C@H]1[C@]1(C(=O)C(O)=C(C)C(=O)[C@]315)[C@H]2C. The number of carbonyl (C=O) groups is 5. The summed E-state index contributed by atoms with van der Waals surface area (Å²) < 4.78 is 0. The molecule has 0 amide bonds. The fourth-order valence-corrected chi connectivity index (χ4v) is 9.29. The predicted molar refractivity (Wildman–Crippen MR) is 124 cm³/mol. The van der Waals surface area contributed by atoms with Crippen molar-refractivity contribution in [2.45, 2.75) is 39.7 Å². The van der Waals surface area contributed by atoms with E-state index in [1.54, 1.807) is 32.1 Å². The Balaban J connectivity index is 1.87. The molecule has 6 aliphatic carbocycles. The van der Waals surface area contributed by atoms with Crippen molar-refractivity contribution >= 4 is 28.9 Å². The highest BCUT2D eigenvalue weighted by Gasteiger charge is 2.96. The molecule has 2 bridgehead atoms. The van der Waals surface area contributed by atoms with E-state index in [1.165, 1.54) is 26.0 Å². The number of hydrogen-bond acceptors (Lipinski definition) is 8. The number of carbonyl (C=O) groups excluding carboxylic acids is 5. The Hall–Kier alpha value is -3.39. The Morgan fingerprint density at radius 3 is 2.22 bits per heavy atom. The average Bonchev–Trinajstić information content (AvgIpc) is 3.31. The number of allylic oxidation sites excluding steroid dienone is 8. The van der Waals surface area contributed by atoms with Crippen molar-refractivity contribution in [1.82, 2.24) is 0 Å². The van der Waals surface area contributed by atoms with Crippen LogP contribution in [0.5, 0.6) is 0 Å². The standard InChI is InChI=1S/C28H26O8/c1-5-6-7-8-26(36)14-9-15-16(29)10-25-17(18(30)11(2)19(31)23(25)34)21(26)27(13(14)4)24(35)20(32)12(3)22(33)28(15,25)27/h5-9,13-14,17,21,31-32,36H,10H2,1-4H3/b6-5+,8-7+/t13-,14+,17-,21+,25+,26+,27-,28-/m0/s1. The summed E-state index contributed by atoms with van der Waals surface area (Å²) in [6.07, 6.45) is 7.40. The molecule has 186 valence electrons. The smallest absolute Gasteiger partial charge is 0.206 e. The monoisotopic (exact) mass is 490 g/mol. The molecule has 0 heterocycles. The molecule has 0 aromatic carbocycles. The molecule has 0 aliphatic heterocycles. The molecular weight excluding hydrogens is 464 g/mol. The number of rotatable bonds is 2. The second-order valence-corrected chi connectivity index (χ2v) is 11.1. The van der Waals surface area contributed by atoms with Gasteiger partial charge in [-0.2, -0.15) is 0 Å². The van der Waals surface area contributed by atoms with E-state index >= 15 is 0 Å². The van der Waals surface area contributed by atoms with Crippen LogP contribution < -0.4 is 0 Å². The lowest BCUT2D eigenvalue weighted by molar-refractivity contribution is -0.161. The van der Waals surface area contributed by atoms with Crippen molar-refractivity contribution in [2.24, 2.45) is 39.9 Å². The van der Waals surface area contributed by atoms with Crippen molar-refractivity contribution in [3.05, 3.63) is 58.6 Å². The summed E-state index contributed by atoms with van der Waals surface area (Å²) in [6.45, 7) is 5.99. The molecule has 6 rings (SSSR count). The van der Waals surface area contributed by atoms with Gasteiger partial charge in [-0.25, -0.2) is 0 Å². The number of fused-ring (bicyclic) bond motifs is 2. The van der Waals surface area contributed by atoms with Crippen LogP contribution in [-0.2, 0) is 24.0 Å². The summed E-state index contributed by atoms with van der Waals surface area (Å²) in [5.74, 6) is -9.75. The average molecular weight is 491 g/mol. The van der Waals surface area contributed by atoms with E-state index in [2.05, 4.69) is 0 Å². The van der Waals surface area contributed by atoms with E-state index in [0.29, 0.717) is 0 Å². The molecule has 3 saturated carbocycles. The number of hydrogen-bond donors (Lipinski definition) is 3. The van der Waals surface area contributed by atoms with Gasteiger partial charge in [0.2, 0.25) is 11.6 Å². The van der Waals surface area contributed by atoms with Gasteiger partial charge in [0.25, 0.3) is 0 Å². The maximum atomic E-state index is 14.4. The van der Waals surface area contributed by atoms with Gasteiger partial charge >= 0.3 is 0 Å². The Morgan fingerprint density at radius 1 is 0.944 bits per heavy atom. The molecule has 0 unspecified atom stereocenters. The minimum atomic E-state index is -2.10. The fourth-order valence-electron chi connectivity index (χ4n) is 9.29. The maximum absolute atomic E-state index is 14.4. The van der Waals surface area contributed by atoms with Crippen LogP contribution in [0.25, 0.3) is 0 Å². The highest BCUT2D eigenvalue weighted by Crippen LogP contribution is 2.88. The molecule has 0 aromatic rings. The number of aliphatic hydroxyl groups is 3. The lowest BCUT2D eigenvalue weighted by Crippen LogP contribution is -2.65. The Bertz CT molecular complexity index is 1420. The van der Waals surface area contributed by atoms with E-state index in [9.17, 15) is 39.3 Å². The van der Waals surface area contributed by atoms with Gasteiger partial charge in [-0.15, -0.1) is 0 Å². The number of aliphatic hydroxyl groups excluding tert-OH is 2. The van der Waals surface area contributed by atoms with Crippen LogP contribution in [0.2, 0.25) is 0 Å². The second kappa shape index (κ2) is 6.29. The van der Waals surface area contributed by atoms with Crippen LogP contribution in [0.4, 0.5) is 0 Å². The Morgan fingerprint density at radius 2 is 1.58 bits per heavy atom. The minimum Gasteiger partial charge on any atom is -0.504 e. The molecule has 3 N–H and O–H groups in total. The van der Waals surface area contributed by atoms with Crippen LogP contribution >= 0.6 is 0 Å². The van der Waals surface area contributed by atoms with Gasteiger partial charge in [0, 0.05) is 40.9 Å². The van der Waals surface area contributed by atoms with Crippen LogP contribution in [0, 0.1) is 39.9 Å². The minimum absolute atomic E-state index is 0.0628. The first-order chi connectivity index (χ1) is 16.8. The van der Waals surface area contributed by atoms with Gasteiger partial charge in [-0.3, -0.25) is 24.0 Å². The lowest BCUT2D eigenvalue weighted by atomic mass is 9.42. The largest absolute Gasteiger partial charge is 0.504 e. The van der Waals surface area contributed by atoms with Crippen LogP contribution in [0.1, 0.15) is 34.1 Å². The fraction of sp³-hybridized carbons (Fsp3) is 0.464. The van der Waals surface area contributed by atoms with Gasteiger partial charge in [0.1, 0.15) is 0 Å². The summed E-state index contributed by atoms with van der Waals surface area (Å²) in [5.41, 5.74) is -8.57. The molecule has 0 radical (unpaired) electrons. The Labute approximate surface area is 206 Å². The van der Waals surface area contributed by atoms with E-state index < -0.39 is 92.4 Å². The summed E-state index contributed by atoms with van der Waals surface area (Å²) in [6, 6.07) is 0. The van der Waals surface area contributed by atoms with Crippen molar-refractivity contribution in [3.8, 4) is 0 Å². The first-order valence-electron chi connectivity index (χ1n) is 12.1. The van der Waals surface area contributed by atoms with Crippen molar-refractivity contribution in [3.63, 3.8) is 0 Å². The molecule has 36 heavy (non-hydrogen) atoms. The molecule has 8 nitrogen and oxygen atoms in total. The molecule has 8 atom stereocenters. The molecule has 8 heteroatoms. The zero-order chi connectivity index (χ0) is 26.3. The molecule has 0 aromatic heterocycles. The van der Waals surface area contributed by atoms with E-state index in [0.717, 1.165) is 0 Å². The third kappa shape index (κ3) is 1.76. The van der Waals surface area contributed by atoms with E-state index in [-0.39, 0.29) is 16.7 Å². The number of Topliss-reactive ketones (excluding diaryl/α,β-unsaturated/α-hetero) is 5. The third-order valence-electron chi connectivity index (χ3n) is 10.3. The predicted octanol–water partition coefficient (Wildman–Crippen LogP) is 2.20. The van der Waals surface area contributed by atoms with E-state index in [1.807, 2.05) is 0 Å². The summed E-state index contributed by atoms with van der Waals surface area (Å²) in [4.78, 5) is 70.3. The van der Waals surface area contributed by atoms with Crippen LogP contribution in [0.15, 0.2) is 58.6 Å². The summed E-state index contributed by atoms with van der Waals surface area (Å²) in [7, 11) is 0. The van der Waals surface area contributed by atoms with Crippen LogP contribution in [0.3, 0.4) is 0 Å². The van der Waals surface area contributed by atoms with Gasteiger partial charge in [-0.05, 0) is 26.7 Å². The van der Waals surface area contributed by atoms with Crippen molar-refractivity contribution in [2.75, 3.05) is 0 Å². The first-order valence-corrected chi connectivity index (χ1v) is 12.1. The molecule has 3 spiro atoms. The highest BCUT2D eigenvalue weighted by molar-refractivity contribution is 6.31. The topological polar surface area (TPSA) is 146 Å². The first kappa shape index (κ1) is 23.0. The van der Waals surface area contributed by atoms with Crippen molar-refractivity contribution in [1.29, 1.82) is 0 Å². The zero-order valence-electron chi connectivity index (χ0n) is 20.3. The molecule has 0 saturated heterocycles. The quantitative estimate of drug-likeness (QED) is 0.500. The van der Waals surface area contributed by atoms with Crippen LogP contribution in [-0.4, -0.2) is 49.8 Å². The molecule has 3 fully saturated rings. The zero-order valence-corrected chi connectivity index (χ0v) is 20.3. The van der Waals surface area contributed by atoms with Gasteiger partial charge < -0.3 is 15.3 Å². The maximum Gasteiger partial charge on any atom is 0.206 e. The molecular formula is C28H26O8. The molecule has 6 aliphatic rings. The highest BCUT2D eigenvalue weighted by atomic mass is 16.3. The lowest BCUT2D eigenvalue weighted by Gasteiger charge is -2.54. The second-order valence-electron chi connectivity index (χ2n) is 11.1. The van der Waals surface area contributed by atoms with Gasteiger partial charge in [0.15, 0.2) is 28.9 Å².